The van der Waals surface area contributed by atoms with E-state index < -0.39 is 30.0 Å². The topological polar surface area (TPSA) is 107 Å². The fourth-order valence-electron chi connectivity index (χ4n) is 2.72. The van der Waals surface area contributed by atoms with E-state index in [2.05, 4.69) is 11.4 Å². The summed E-state index contributed by atoms with van der Waals surface area (Å²) in [4.78, 5) is 12.1. The maximum absolute atomic E-state index is 12.1. The summed E-state index contributed by atoms with van der Waals surface area (Å²) in [6, 6.07) is 7.35. The summed E-state index contributed by atoms with van der Waals surface area (Å²) in [5, 5.41) is 12.2. The number of amides is 1. The Morgan fingerprint density at radius 2 is 1.86 bits per heavy atom. The van der Waals surface area contributed by atoms with Crippen LogP contribution in [0.25, 0.3) is 6.08 Å². The number of hydrogen-bond acceptors (Lipinski definition) is 6. The van der Waals surface area contributed by atoms with Gasteiger partial charge in [0.25, 0.3) is 0 Å². The van der Waals surface area contributed by atoms with Gasteiger partial charge in [-0.15, -0.1) is 0 Å². The van der Waals surface area contributed by atoms with Crippen LogP contribution in [-0.2, 0) is 14.0 Å². The molecule has 7 nitrogen and oxygen atoms in total. The Morgan fingerprint density at radius 1 is 1.28 bits per heavy atom. The Hall–Kier alpha value is -2.50. The highest BCUT2D eigenvalue weighted by molar-refractivity contribution is 6.56. The normalized spacial score (nSPS) is 18.3. The van der Waals surface area contributed by atoms with Crippen molar-refractivity contribution in [3.05, 3.63) is 34.8 Å². The van der Waals surface area contributed by atoms with E-state index in [4.69, 9.17) is 19.8 Å². The van der Waals surface area contributed by atoms with Crippen LogP contribution >= 0.6 is 0 Å². The largest absolute Gasteiger partial charge is 0.492 e. The first-order valence-electron chi connectivity index (χ1n) is 9.57. The average Bonchev–Trinajstić information content (AvgIpc) is 2.77. The van der Waals surface area contributed by atoms with Crippen molar-refractivity contribution in [2.45, 2.75) is 65.3 Å². The van der Waals surface area contributed by atoms with Gasteiger partial charge in [-0.1, -0.05) is 18.2 Å². The first-order chi connectivity index (χ1) is 13.3. The third-order valence-corrected chi connectivity index (χ3v) is 4.97. The molecule has 1 heterocycles. The van der Waals surface area contributed by atoms with Crippen molar-refractivity contribution >= 4 is 25.0 Å². The molecule has 0 aliphatic carbocycles. The first kappa shape index (κ1) is 22.8. The van der Waals surface area contributed by atoms with E-state index in [0.29, 0.717) is 22.3 Å². The van der Waals surface area contributed by atoms with Crippen molar-refractivity contribution in [1.29, 1.82) is 5.26 Å². The Labute approximate surface area is 173 Å². The van der Waals surface area contributed by atoms with Crippen LogP contribution in [0.4, 0.5) is 10.5 Å². The van der Waals surface area contributed by atoms with Gasteiger partial charge in [-0.3, -0.25) is 0 Å². The molecule has 1 fully saturated rings. The molecule has 2 rings (SSSR count). The van der Waals surface area contributed by atoms with E-state index in [1.165, 1.54) is 0 Å². The Bertz CT molecular complexity index is 834. The van der Waals surface area contributed by atoms with E-state index in [-0.39, 0.29) is 6.54 Å². The first-order valence-corrected chi connectivity index (χ1v) is 9.57. The molecule has 0 atom stereocenters. The molecule has 1 aliphatic rings. The number of anilines is 1. The van der Waals surface area contributed by atoms with Gasteiger partial charge in [0.05, 0.1) is 22.5 Å². The molecular weight excluding hydrogens is 369 g/mol. The molecule has 0 aromatic heterocycles. The lowest BCUT2D eigenvalue weighted by Gasteiger charge is -2.32. The number of hydrogen-bond donors (Lipinski definition) is 2. The van der Waals surface area contributed by atoms with Crippen LogP contribution in [0.2, 0.25) is 0 Å². The van der Waals surface area contributed by atoms with E-state index in [9.17, 15) is 10.1 Å². The van der Waals surface area contributed by atoms with Crippen LogP contribution in [0.3, 0.4) is 0 Å². The molecule has 1 saturated heterocycles. The minimum absolute atomic E-state index is 0.130. The molecule has 8 heteroatoms. The summed E-state index contributed by atoms with van der Waals surface area (Å²) in [6.45, 7) is 13.3. The van der Waals surface area contributed by atoms with Gasteiger partial charge in [0, 0.05) is 6.54 Å². The van der Waals surface area contributed by atoms with Crippen molar-refractivity contribution in [1.82, 2.24) is 5.32 Å². The monoisotopic (exact) mass is 399 g/mol. The third-order valence-electron chi connectivity index (χ3n) is 4.97. The highest BCUT2D eigenvalue weighted by Crippen LogP contribution is 2.39. The second kappa shape index (κ2) is 8.09. The number of nitrogens with one attached hydrogen (secondary N) is 1. The number of nitriles is 1. The quantitative estimate of drug-likeness (QED) is 0.591. The molecule has 156 valence electrons. The van der Waals surface area contributed by atoms with Crippen molar-refractivity contribution in [2.24, 2.45) is 0 Å². The second-order valence-electron chi connectivity index (χ2n) is 9.09. The lowest BCUT2D eigenvalue weighted by Crippen LogP contribution is -2.41. The molecule has 0 bridgehead atoms. The molecular formula is C21H30BN3O4. The fourth-order valence-corrected chi connectivity index (χ4v) is 2.72. The van der Waals surface area contributed by atoms with E-state index in [0.717, 1.165) is 0 Å². The molecule has 0 spiro atoms. The predicted octanol–water partition coefficient (Wildman–Crippen LogP) is 3.68. The van der Waals surface area contributed by atoms with E-state index in [1.807, 2.05) is 27.7 Å². The summed E-state index contributed by atoms with van der Waals surface area (Å²) in [6.07, 6.45) is 1.22. The molecule has 1 aliphatic heterocycles. The predicted molar refractivity (Wildman–Crippen MR) is 114 cm³/mol. The minimum Gasteiger partial charge on any atom is -0.444 e. The standard InChI is InChI=1S/C21H30BN3O4/c1-19(2,3)27-18(26)25-13-15(22-28-20(4,5)21(6,7)29-22)11-14-9-8-10-17(24)16(14)12-23/h8-11H,13,24H2,1-7H3,(H,25,26). The third kappa shape index (κ3) is 5.52. The van der Waals surface area contributed by atoms with Crippen molar-refractivity contribution in [3.63, 3.8) is 0 Å². The van der Waals surface area contributed by atoms with Crippen LogP contribution in [0, 0.1) is 11.3 Å². The lowest BCUT2D eigenvalue weighted by molar-refractivity contribution is 0.00578. The number of nitrogen functional groups attached to an aromatic ring is 1. The van der Waals surface area contributed by atoms with Gasteiger partial charge in [0.1, 0.15) is 11.7 Å². The lowest BCUT2D eigenvalue weighted by atomic mass is 9.76. The van der Waals surface area contributed by atoms with Crippen LogP contribution < -0.4 is 11.1 Å². The van der Waals surface area contributed by atoms with Gasteiger partial charge in [-0.25, -0.2) is 4.79 Å². The highest BCUT2D eigenvalue weighted by Gasteiger charge is 2.52. The Kier molecular flexibility index (Phi) is 6.36. The molecule has 0 unspecified atom stereocenters. The zero-order valence-corrected chi connectivity index (χ0v) is 18.3. The van der Waals surface area contributed by atoms with E-state index >= 15 is 0 Å². The Balaban J connectivity index is 2.36. The van der Waals surface area contributed by atoms with E-state index in [1.54, 1.807) is 45.0 Å². The summed E-state index contributed by atoms with van der Waals surface area (Å²) in [5.74, 6) is 0. The molecule has 0 radical (unpaired) electrons. The number of carbonyl (C=O) groups excluding carboxylic acids is 1. The number of carbonyl (C=O) groups is 1. The van der Waals surface area contributed by atoms with Gasteiger partial charge >= 0.3 is 13.2 Å². The average molecular weight is 399 g/mol. The van der Waals surface area contributed by atoms with Gasteiger partial charge in [-0.05, 0) is 65.6 Å². The van der Waals surface area contributed by atoms with Gasteiger partial charge < -0.3 is 25.1 Å². The molecule has 29 heavy (non-hydrogen) atoms. The highest BCUT2D eigenvalue weighted by atomic mass is 16.7. The maximum atomic E-state index is 12.1. The number of nitrogens with zero attached hydrogens (tertiary/aromatic N) is 1. The second-order valence-corrected chi connectivity index (χ2v) is 9.09. The number of nitrogens with two attached hydrogens (primary N) is 1. The zero-order chi connectivity index (χ0) is 22.0. The summed E-state index contributed by atoms with van der Waals surface area (Å²) in [7, 11) is -0.692. The minimum atomic E-state index is -0.692. The van der Waals surface area contributed by atoms with Crippen LogP contribution in [0.5, 0.6) is 0 Å². The fraction of sp³-hybridized carbons (Fsp3) is 0.524. The molecule has 1 aromatic carbocycles. The SMILES string of the molecule is CC(C)(C)OC(=O)NCC(=Cc1cccc(N)c1C#N)B1OC(C)(C)C(C)(C)O1. The van der Waals surface area contributed by atoms with Gasteiger partial charge in [0.15, 0.2) is 0 Å². The maximum Gasteiger partial charge on any atom is 0.492 e. The van der Waals surface area contributed by atoms with Crippen LogP contribution in [0.1, 0.15) is 59.6 Å². The molecule has 3 N–H and O–H groups in total. The zero-order valence-electron chi connectivity index (χ0n) is 18.3. The van der Waals surface area contributed by atoms with Crippen LogP contribution in [0.15, 0.2) is 23.7 Å². The number of benzene rings is 1. The molecule has 1 aromatic rings. The summed E-state index contributed by atoms with van der Waals surface area (Å²) >= 11 is 0. The van der Waals surface area contributed by atoms with Crippen molar-refractivity contribution in [2.75, 3.05) is 12.3 Å². The van der Waals surface area contributed by atoms with Crippen molar-refractivity contribution < 1.29 is 18.8 Å². The summed E-state index contributed by atoms with van der Waals surface area (Å²) in [5.41, 5.74) is 6.25. The Morgan fingerprint density at radius 3 is 2.38 bits per heavy atom. The van der Waals surface area contributed by atoms with Gasteiger partial charge in [-0.2, -0.15) is 5.26 Å². The number of alkyl carbamates (subject to hydrolysis) is 1. The number of rotatable bonds is 4. The van der Waals surface area contributed by atoms with Crippen LogP contribution in [-0.4, -0.2) is 36.6 Å². The molecule has 0 saturated carbocycles. The van der Waals surface area contributed by atoms with Crippen molar-refractivity contribution in [3.8, 4) is 6.07 Å². The molecule has 1 amide bonds. The smallest absolute Gasteiger partial charge is 0.444 e. The van der Waals surface area contributed by atoms with Gasteiger partial charge in [0.2, 0.25) is 0 Å². The number of ether oxygens (including phenoxy) is 1. The summed E-state index contributed by atoms with van der Waals surface area (Å²) < 4.78 is 17.6.